The molecule has 0 aliphatic carbocycles. The normalized spacial score (nSPS) is 16.5. The minimum Gasteiger partial charge on any atom is -0.360 e. The lowest BCUT2D eigenvalue weighted by Crippen LogP contribution is -2.36. The fraction of sp³-hybridized carbons (Fsp3) is 0.316. The zero-order chi connectivity index (χ0) is 16.4. The minimum atomic E-state index is -0.00629. The van der Waals surface area contributed by atoms with Gasteiger partial charge in [0.05, 0.1) is 11.6 Å². The van der Waals surface area contributed by atoms with Gasteiger partial charge in [-0.15, -0.1) is 11.3 Å². The van der Waals surface area contributed by atoms with Crippen LogP contribution in [0.2, 0.25) is 0 Å². The zero-order valence-electron chi connectivity index (χ0n) is 13.5. The predicted molar refractivity (Wildman–Crippen MR) is 98.5 cm³/mol. The van der Waals surface area contributed by atoms with Gasteiger partial charge < -0.3 is 10.3 Å². The van der Waals surface area contributed by atoms with E-state index in [1.807, 2.05) is 24.3 Å². The van der Waals surface area contributed by atoms with Gasteiger partial charge >= 0.3 is 0 Å². The van der Waals surface area contributed by atoms with Crippen LogP contribution in [-0.2, 0) is 0 Å². The van der Waals surface area contributed by atoms with E-state index < -0.39 is 0 Å². The molecule has 1 saturated heterocycles. The molecule has 1 amide bonds. The van der Waals surface area contributed by atoms with Crippen molar-refractivity contribution in [2.75, 3.05) is 19.6 Å². The summed E-state index contributed by atoms with van der Waals surface area (Å²) in [6.45, 7) is 2.88. The van der Waals surface area contributed by atoms with E-state index in [4.69, 9.17) is 0 Å². The smallest absolute Gasteiger partial charge is 0.253 e. The second-order valence-electron chi connectivity index (χ2n) is 6.23. The number of hydrogen-bond donors (Lipinski definition) is 2. The molecule has 0 spiro atoms. The molecule has 4 nitrogen and oxygen atoms in total. The first-order chi connectivity index (χ1) is 11.8. The van der Waals surface area contributed by atoms with Crippen molar-refractivity contribution in [3.05, 3.63) is 58.4 Å². The topological polar surface area (TPSA) is 48.1 Å². The quantitative estimate of drug-likeness (QED) is 0.743. The highest BCUT2D eigenvalue weighted by atomic mass is 32.1. The van der Waals surface area contributed by atoms with Crippen molar-refractivity contribution < 1.29 is 4.79 Å². The van der Waals surface area contributed by atoms with Crippen LogP contribution in [0, 0.1) is 0 Å². The molecule has 0 radical (unpaired) electrons. The Balaban J connectivity index is 1.50. The number of carbonyl (C=O) groups is 1. The average molecular weight is 339 g/mol. The van der Waals surface area contributed by atoms with Crippen LogP contribution >= 0.6 is 11.3 Å². The van der Waals surface area contributed by atoms with Crippen LogP contribution < -0.4 is 5.32 Å². The molecule has 4 rings (SSSR count). The standard InChI is InChI=1S/C19H21N3OS/c23-19(15-12-20-16-7-2-1-6-14(15)16)21-13-17(18-8-5-11-24-18)22-9-3-4-10-22/h1-2,5-8,11-12,17,20H,3-4,9-10,13H2,(H,21,23)/t17-/m0/s1. The Kier molecular flexibility index (Phi) is 4.36. The molecule has 1 atom stereocenters. The van der Waals surface area contributed by atoms with Gasteiger partial charge in [-0.2, -0.15) is 0 Å². The summed E-state index contributed by atoms with van der Waals surface area (Å²) < 4.78 is 0. The van der Waals surface area contributed by atoms with Crippen LogP contribution in [-0.4, -0.2) is 35.4 Å². The Morgan fingerprint density at radius 1 is 1.21 bits per heavy atom. The lowest BCUT2D eigenvalue weighted by molar-refractivity contribution is 0.0940. The summed E-state index contributed by atoms with van der Waals surface area (Å²) in [7, 11) is 0. The molecule has 1 aliphatic heterocycles. The monoisotopic (exact) mass is 339 g/mol. The van der Waals surface area contributed by atoms with Crippen molar-refractivity contribution in [1.82, 2.24) is 15.2 Å². The Labute approximate surface area is 145 Å². The van der Waals surface area contributed by atoms with Crippen LogP contribution in [0.4, 0.5) is 0 Å². The van der Waals surface area contributed by atoms with Gasteiger partial charge in [0.25, 0.3) is 5.91 Å². The van der Waals surface area contributed by atoms with E-state index >= 15 is 0 Å². The van der Waals surface area contributed by atoms with E-state index in [0.29, 0.717) is 6.54 Å². The summed E-state index contributed by atoms with van der Waals surface area (Å²) >= 11 is 1.77. The molecule has 0 saturated carbocycles. The number of amides is 1. The first-order valence-corrected chi connectivity index (χ1v) is 9.32. The number of fused-ring (bicyclic) bond motifs is 1. The van der Waals surface area contributed by atoms with Crippen molar-refractivity contribution >= 4 is 28.1 Å². The number of carbonyl (C=O) groups excluding carboxylic acids is 1. The molecule has 1 fully saturated rings. The number of benzene rings is 1. The Morgan fingerprint density at radius 3 is 2.83 bits per heavy atom. The molecule has 2 aromatic heterocycles. The van der Waals surface area contributed by atoms with Gasteiger partial charge in [0.2, 0.25) is 0 Å². The first kappa shape index (κ1) is 15.4. The average Bonchev–Trinajstić information content (AvgIpc) is 3.36. The Bertz CT molecular complexity index is 818. The van der Waals surface area contributed by atoms with Crippen molar-refractivity contribution in [1.29, 1.82) is 0 Å². The number of hydrogen-bond acceptors (Lipinski definition) is 3. The second kappa shape index (κ2) is 6.79. The molecule has 1 aliphatic rings. The lowest BCUT2D eigenvalue weighted by atomic mass is 10.1. The number of thiophene rings is 1. The van der Waals surface area contributed by atoms with E-state index in [1.54, 1.807) is 17.5 Å². The van der Waals surface area contributed by atoms with Gasteiger partial charge in [-0.3, -0.25) is 9.69 Å². The van der Waals surface area contributed by atoms with Crippen LogP contribution in [0.3, 0.4) is 0 Å². The third-order valence-electron chi connectivity index (χ3n) is 4.74. The SMILES string of the molecule is O=C(NC[C@@H](c1cccs1)N1CCCC1)c1c[nH]c2ccccc12. The van der Waals surface area contributed by atoms with Gasteiger partial charge in [0.1, 0.15) is 0 Å². The fourth-order valence-corrected chi connectivity index (χ4v) is 4.35. The highest BCUT2D eigenvalue weighted by Gasteiger charge is 2.25. The molecule has 5 heteroatoms. The molecule has 3 heterocycles. The molecule has 3 aromatic rings. The molecule has 24 heavy (non-hydrogen) atoms. The van der Waals surface area contributed by atoms with E-state index in [2.05, 4.69) is 32.7 Å². The molecule has 2 N–H and O–H groups in total. The summed E-state index contributed by atoms with van der Waals surface area (Å²) in [4.78, 5) is 19.6. The van der Waals surface area contributed by atoms with Gasteiger partial charge in [0, 0.05) is 28.5 Å². The number of para-hydroxylation sites is 1. The van der Waals surface area contributed by atoms with Crippen molar-refractivity contribution in [3.8, 4) is 0 Å². The van der Waals surface area contributed by atoms with Crippen LogP contribution in [0.5, 0.6) is 0 Å². The van der Waals surface area contributed by atoms with Crippen molar-refractivity contribution in [3.63, 3.8) is 0 Å². The summed E-state index contributed by atoms with van der Waals surface area (Å²) in [5.74, 6) is -0.00629. The second-order valence-corrected chi connectivity index (χ2v) is 7.21. The number of likely N-dealkylation sites (tertiary alicyclic amines) is 1. The van der Waals surface area contributed by atoms with Crippen molar-refractivity contribution in [2.24, 2.45) is 0 Å². The van der Waals surface area contributed by atoms with Crippen molar-refractivity contribution in [2.45, 2.75) is 18.9 Å². The van der Waals surface area contributed by atoms with Gasteiger partial charge in [-0.25, -0.2) is 0 Å². The molecule has 0 unspecified atom stereocenters. The van der Waals surface area contributed by atoms with E-state index in [9.17, 15) is 4.79 Å². The number of nitrogens with one attached hydrogen (secondary N) is 2. The number of nitrogens with zero attached hydrogens (tertiary/aromatic N) is 1. The Morgan fingerprint density at radius 2 is 2.04 bits per heavy atom. The van der Waals surface area contributed by atoms with Gasteiger partial charge in [-0.05, 0) is 43.4 Å². The largest absolute Gasteiger partial charge is 0.360 e. The molecular formula is C19H21N3OS. The number of rotatable bonds is 5. The third kappa shape index (κ3) is 2.97. The fourth-order valence-electron chi connectivity index (χ4n) is 3.49. The maximum Gasteiger partial charge on any atom is 0.253 e. The number of aromatic amines is 1. The van der Waals surface area contributed by atoms with Gasteiger partial charge in [-0.1, -0.05) is 24.3 Å². The predicted octanol–water partition coefficient (Wildman–Crippen LogP) is 3.80. The van der Waals surface area contributed by atoms with E-state index in [1.165, 1.54) is 17.7 Å². The molecule has 124 valence electrons. The summed E-state index contributed by atoms with van der Waals surface area (Å²) in [5.41, 5.74) is 1.72. The highest BCUT2D eigenvalue weighted by Crippen LogP contribution is 2.28. The van der Waals surface area contributed by atoms with Crippen LogP contribution in [0.1, 0.15) is 34.1 Å². The maximum absolute atomic E-state index is 12.7. The zero-order valence-corrected chi connectivity index (χ0v) is 14.3. The van der Waals surface area contributed by atoms with Crippen LogP contribution in [0.25, 0.3) is 10.9 Å². The Hall–Kier alpha value is -2.11. The van der Waals surface area contributed by atoms with Gasteiger partial charge in [0.15, 0.2) is 0 Å². The highest BCUT2D eigenvalue weighted by molar-refractivity contribution is 7.10. The summed E-state index contributed by atoms with van der Waals surface area (Å²) in [6.07, 6.45) is 4.30. The van der Waals surface area contributed by atoms with Crippen LogP contribution in [0.15, 0.2) is 48.0 Å². The molecular weight excluding hydrogens is 318 g/mol. The third-order valence-corrected chi connectivity index (χ3v) is 5.72. The lowest BCUT2D eigenvalue weighted by Gasteiger charge is -2.26. The molecule has 0 bridgehead atoms. The maximum atomic E-state index is 12.7. The number of H-pyrrole nitrogens is 1. The number of aromatic nitrogens is 1. The van der Waals surface area contributed by atoms with E-state index in [-0.39, 0.29) is 11.9 Å². The minimum absolute atomic E-state index is 0.00629. The first-order valence-electron chi connectivity index (χ1n) is 8.45. The summed E-state index contributed by atoms with van der Waals surface area (Å²) in [6, 6.07) is 12.5. The van der Waals surface area contributed by atoms with E-state index in [0.717, 1.165) is 29.6 Å². The summed E-state index contributed by atoms with van der Waals surface area (Å²) in [5, 5.41) is 6.24. The molecule has 1 aromatic carbocycles.